The molecule has 11 heavy (non-hydrogen) atoms. The molecule has 0 bridgehead atoms. The molecule has 0 aromatic heterocycles. The minimum absolute atomic E-state index is 0.197. The highest BCUT2D eigenvalue weighted by atomic mass is 28.2. The van der Waals surface area contributed by atoms with Crippen LogP contribution in [0.4, 0.5) is 0 Å². The average Bonchev–Trinajstić information content (AvgIpc) is 2.01. The topological polar surface area (TPSA) is 95.9 Å². The van der Waals surface area contributed by atoms with Crippen LogP contribution in [0.1, 0.15) is 13.3 Å². The molecule has 0 radical (unpaired) electrons. The van der Waals surface area contributed by atoms with Gasteiger partial charge in [0.15, 0.2) is 0 Å². The monoisotopic (exact) mass is 181 g/mol. The number of nitrogens with two attached hydrogens (primary N) is 1. The Morgan fingerprint density at radius 1 is 1.64 bits per heavy atom. The molecule has 0 saturated carbocycles. The lowest BCUT2D eigenvalue weighted by atomic mass is 10.1. The van der Waals surface area contributed by atoms with Gasteiger partial charge >= 0.3 is 0 Å². The van der Waals surface area contributed by atoms with E-state index < -0.39 is 18.1 Å². The molecular weight excluding hydrogens is 166 g/mol. The number of aliphatic hydroxyl groups excluding tert-OH is 1. The van der Waals surface area contributed by atoms with Crippen LogP contribution in [0.25, 0.3) is 0 Å². The second-order valence-corrected chi connectivity index (χ2v) is 2.75. The van der Waals surface area contributed by atoms with Gasteiger partial charge in [0, 0.05) is 0 Å². The third-order valence-corrected chi connectivity index (χ3v) is 2.32. The highest BCUT2D eigenvalue weighted by Crippen LogP contribution is 2.15. The standard InChI is InChI=1S/C5H15NO4Si/c1-2-3(6)5(9,10-11)4(7)8/h3-4,7-9H,2,6H2,1,11H3. The van der Waals surface area contributed by atoms with Crippen LogP contribution in [-0.2, 0) is 4.43 Å². The smallest absolute Gasteiger partial charge is 0.223 e. The van der Waals surface area contributed by atoms with E-state index in [1.165, 1.54) is 0 Å². The van der Waals surface area contributed by atoms with E-state index in [0.717, 1.165) is 0 Å². The predicted octanol–water partition coefficient (Wildman–Crippen LogP) is -2.98. The summed E-state index contributed by atoms with van der Waals surface area (Å²) in [6, 6.07) is -0.778. The Balaban J connectivity index is 4.32. The first kappa shape index (κ1) is 11.0. The fourth-order valence-electron chi connectivity index (χ4n) is 0.741. The molecule has 5 nitrogen and oxygen atoms in total. The quantitative estimate of drug-likeness (QED) is 0.274. The molecule has 0 aromatic rings. The molecule has 0 heterocycles. The van der Waals surface area contributed by atoms with Crippen LogP contribution < -0.4 is 5.73 Å². The van der Waals surface area contributed by atoms with Crippen molar-refractivity contribution < 1.29 is 19.7 Å². The van der Waals surface area contributed by atoms with Crippen molar-refractivity contribution in [2.24, 2.45) is 5.73 Å². The molecule has 0 spiro atoms. The molecule has 0 rings (SSSR count). The Morgan fingerprint density at radius 2 is 2.09 bits per heavy atom. The zero-order valence-corrected chi connectivity index (χ0v) is 8.69. The van der Waals surface area contributed by atoms with E-state index in [4.69, 9.17) is 15.9 Å². The minimum Gasteiger partial charge on any atom is -0.397 e. The first-order valence-corrected chi connectivity index (χ1v) is 4.19. The maximum absolute atomic E-state index is 9.35. The largest absolute Gasteiger partial charge is 0.397 e. The van der Waals surface area contributed by atoms with Crippen molar-refractivity contribution in [2.45, 2.75) is 31.5 Å². The summed E-state index contributed by atoms with van der Waals surface area (Å²) in [5.41, 5.74) is 5.39. The number of hydrogen-bond acceptors (Lipinski definition) is 5. The number of hydrogen-bond donors (Lipinski definition) is 4. The molecule has 2 unspecified atom stereocenters. The summed E-state index contributed by atoms with van der Waals surface area (Å²) in [7, 11) is 0.197. The Morgan fingerprint density at radius 3 is 2.18 bits per heavy atom. The van der Waals surface area contributed by atoms with Gasteiger partial charge < -0.3 is 25.5 Å². The van der Waals surface area contributed by atoms with E-state index in [-0.39, 0.29) is 10.5 Å². The average molecular weight is 181 g/mol. The molecule has 0 aliphatic heterocycles. The van der Waals surface area contributed by atoms with Gasteiger partial charge in [-0.3, -0.25) is 0 Å². The van der Waals surface area contributed by atoms with Gasteiger partial charge in [-0.15, -0.1) is 0 Å². The molecule has 0 aliphatic carbocycles. The van der Waals surface area contributed by atoms with Crippen molar-refractivity contribution in [1.82, 2.24) is 0 Å². The Bertz CT molecular complexity index is 123. The first-order valence-electron chi connectivity index (χ1n) is 3.38. The summed E-state index contributed by atoms with van der Waals surface area (Å²) in [4.78, 5) is 0. The minimum atomic E-state index is -2.00. The number of aliphatic hydroxyl groups is 3. The molecular formula is C5H15NO4Si. The van der Waals surface area contributed by atoms with Crippen LogP contribution >= 0.6 is 0 Å². The van der Waals surface area contributed by atoms with Gasteiger partial charge in [0.1, 0.15) is 10.5 Å². The SMILES string of the molecule is CCC(N)C(O)(O[SiH3])C(O)O. The van der Waals surface area contributed by atoms with E-state index in [2.05, 4.69) is 4.43 Å². The highest BCUT2D eigenvalue weighted by molar-refractivity contribution is 5.98. The molecule has 0 amide bonds. The summed E-state index contributed by atoms with van der Waals surface area (Å²) < 4.78 is 4.62. The van der Waals surface area contributed by atoms with Crippen LogP contribution in [0.3, 0.4) is 0 Å². The molecule has 0 aliphatic rings. The van der Waals surface area contributed by atoms with Crippen LogP contribution in [-0.4, -0.2) is 43.9 Å². The van der Waals surface area contributed by atoms with Crippen molar-refractivity contribution in [2.75, 3.05) is 0 Å². The fourth-order valence-corrected chi connectivity index (χ4v) is 1.25. The molecule has 68 valence electrons. The van der Waals surface area contributed by atoms with Gasteiger partial charge in [-0.2, -0.15) is 0 Å². The Hall–Kier alpha value is 0.0169. The van der Waals surface area contributed by atoms with Gasteiger partial charge in [0.2, 0.25) is 12.1 Å². The van der Waals surface area contributed by atoms with Crippen molar-refractivity contribution >= 4 is 10.5 Å². The van der Waals surface area contributed by atoms with E-state index in [0.29, 0.717) is 6.42 Å². The molecule has 6 heteroatoms. The van der Waals surface area contributed by atoms with Gasteiger partial charge in [0.25, 0.3) is 0 Å². The Labute approximate surface area is 68.3 Å². The maximum Gasteiger partial charge on any atom is 0.223 e. The lowest BCUT2D eigenvalue weighted by molar-refractivity contribution is -0.283. The molecule has 0 aromatic carbocycles. The number of rotatable bonds is 4. The molecule has 2 atom stereocenters. The van der Waals surface area contributed by atoms with Gasteiger partial charge in [-0.05, 0) is 6.42 Å². The summed E-state index contributed by atoms with van der Waals surface area (Å²) in [5, 5.41) is 26.7. The van der Waals surface area contributed by atoms with Crippen molar-refractivity contribution in [3.8, 4) is 0 Å². The third kappa shape index (κ3) is 2.22. The molecule has 0 fully saturated rings. The zero-order chi connectivity index (χ0) is 9.07. The lowest BCUT2D eigenvalue weighted by Gasteiger charge is -2.33. The lowest BCUT2D eigenvalue weighted by Crippen LogP contribution is -2.57. The third-order valence-electron chi connectivity index (χ3n) is 1.67. The molecule has 5 N–H and O–H groups in total. The second kappa shape index (κ2) is 4.15. The van der Waals surface area contributed by atoms with E-state index >= 15 is 0 Å². The summed E-state index contributed by atoms with van der Waals surface area (Å²) in [6.07, 6.45) is -1.54. The van der Waals surface area contributed by atoms with Gasteiger partial charge in [-0.1, -0.05) is 6.92 Å². The van der Waals surface area contributed by atoms with E-state index in [1.807, 2.05) is 0 Å². The first-order chi connectivity index (χ1) is 4.99. The summed E-state index contributed by atoms with van der Waals surface area (Å²) >= 11 is 0. The van der Waals surface area contributed by atoms with E-state index in [1.54, 1.807) is 6.92 Å². The van der Waals surface area contributed by atoms with Crippen LogP contribution in [0.5, 0.6) is 0 Å². The fraction of sp³-hybridized carbons (Fsp3) is 1.00. The van der Waals surface area contributed by atoms with Crippen LogP contribution in [0.15, 0.2) is 0 Å². The predicted molar refractivity (Wildman–Crippen MR) is 42.5 cm³/mol. The highest BCUT2D eigenvalue weighted by Gasteiger charge is 2.39. The van der Waals surface area contributed by atoms with Gasteiger partial charge in [0.05, 0.1) is 6.04 Å². The second-order valence-electron chi connectivity index (χ2n) is 2.34. The normalized spacial score (nSPS) is 20.2. The van der Waals surface area contributed by atoms with Crippen molar-refractivity contribution in [1.29, 1.82) is 0 Å². The zero-order valence-electron chi connectivity index (χ0n) is 6.69. The van der Waals surface area contributed by atoms with E-state index in [9.17, 15) is 5.11 Å². The van der Waals surface area contributed by atoms with Crippen LogP contribution in [0, 0.1) is 0 Å². The van der Waals surface area contributed by atoms with Gasteiger partial charge in [-0.25, -0.2) is 0 Å². The van der Waals surface area contributed by atoms with Crippen LogP contribution in [0.2, 0.25) is 0 Å². The molecule has 0 saturated heterocycles. The van der Waals surface area contributed by atoms with Crippen molar-refractivity contribution in [3.05, 3.63) is 0 Å². The summed E-state index contributed by atoms with van der Waals surface area (Å²) in [5.74, 6) is -2.00. The summed E-state index contributed by atoms with van der Waals surface area (Å²) in [6.45, 7) is 1.72. The Kier molecular flexibility index (Phi) is 4.15. The maximum atomic E-state index is 9.35. The van der Waals surface area contributed by atoms with Crippen molar-refractivity contribution in [3.63, 3.8) is 0 Å².